The molecule has 0 saturated carbocycles. The highest BCUT2D eigenvalue weighted by Crippen LogP contribution is 2.28. The topological polar surface area (TPSA) is 35.2 Å². The minimum atomic E-state index is -1.27. The first-order valence-electron chi connectivity index (χ1n) is 6.09. The number of hydrogen-bond acceptors (Lipinski definition) is 3. The lowest BCUT2D eigenvalue weighted by molar-refractivity contribution is 0.0340. The van der Waals surface area contributed by atoms with Crippen LogP contribution in [-0.2, 0) is 17.6 Å². The Hall–Kier alpha value is -0.450. The van der Waals surface area contributed by atoms with Gasteiger partial charge in [0.25, 0.3) is 0 Å². The van der Waals surface area contributed by atoms with Gasteiger partial charge in [0.15, 0.2) is 0 Å². The van der Waals surface area contributed by atoms with Crippen LogP contribution in [0.15, 0.2) is 12.1 Å². The molecule has 0 amide bonds. The zero-order chi connectivity index (χ0) is 12.7. The molecule has 0 aliphatic carbocycles. The van der Waals surface area contributed by atoms with E-state index in [0.717, 1.165) is 11.3 Å². The number of halogens is 1. The van der Waals surface area contributed by atoms with Crippen molar-refractivity contribution in [1.29, 1.82) is 0 Å². The van der Waals surface area contributed by atoms with Crippen LogP contribution in [0.1, 0.15) is 29.5 Å². The van der Waals surface area contributed by atoms with Gasteiger partial charge < -0.3 is 10.5 Å². The van der Waals surface area contributed by atoms with Gasteiger partial charge >= 0.3 is 0 Å². The number of aryl methyl sites for hydroxylation is 1. The van der Waals surface area contributed by atoms with Crippen LogP contribution in [0.2, 0.25) is 0 Å². The van der Waals surface area contributed by atoms with E-state index in [-0.39, 0.29) is 6.61 Å². The first-order valence-corrected chi connectivity index (χ1v) is 6.90. The van der Waals surface area contributed by atoms with Crippen LogP contribution in [0, 0.1) is 0 Å². The minimum absolute atomic E-state index is 0.145. The third kappa shape index (κ3) is 4.74. The molecule has 0 radical (unpaired) electrons. The van der Waals surface area contributed by atoms with Gasteiger partial charge in [-0.05, 0) is 37.9 Å². The first-order chi connectivity index (χ1) is 8.13. The summed E-state index contributed by atoms with van der Waals surface area (Å²) in [4.78, 5) is 2.40. The fourth-order valence-corrected chi connectivity index (χ4v) is 2.99. The lowest BCUT2D eigenvalue weighted by atomic mass is 9.96. The third-order valence-electron chi connectivity index (χ3n) is 2.79. The molecule has 98 valence electrons. The molecule has 0 aliphatic heterocycles. The van der Waals surface area contributed by atoms with Crippen molar-refractivity contribution in [3.63, 3.8) is 0 Å². The third-order valence-corrected chi connectivity index (χ3v) is 4.02. The lowest BCUT2D eigenvalue weighted by Gasteiger charge is -2.23. The van der Waals surface area contributed by atoms with Crippen LogP contribution in [0.4, 0.5) is 4.39 Å². The second-order valence-corrected chi connectivity index (χ2v) is 5.63. The molecule has 17 heavy (non-hydrogen) atoms. The van der Waals surface area contributed by atoms with Gasteiger partial charge in [-0.3, -0.25) is 0 Å². The Balaban J connectivity index is 2.64. The highest BCUT2D eigenvalue weighted by atomic mass is 32.1. The lowest BCUT2D eigenvalue weighted by Crippen LogP contribution is -2.32. The number of hydrogen-bond donors (Lipinski definition) is 1. The predicted octanol–water partition coefficient (Wildman–Crippen LogP) is 2.95. The van der Waals surface area contributed by atoms with Crippen LogP contribution >= 0.6 is 11.3 Å². The molecule has 1 atom stereocenters. The largest absolute Gasteiger partial charge is 0.381 e. The second kappa shape index (κ2) is 7.09. The zero-order valence-corrected chi connectivity index (χ0v) is 11.5. The smallest absolute Gasteiger partial charge is 0.139 e. The average Bonchev–Trinajstić information content (AvgIpc) is 2.74. The summed E-state index contributed by atoms with van der Waals surface area (Å²) in [7, 11) is 1.54. The number of rotatable bonds is 8. The molecule has 1 heterocycles. The Labute approximate surface area is 107 Å². The van der Waals surface area contributed by atoms with Crippen molar-refractivity contribution in [1.82, 2.24) is 0 Å². The first kappa shape index (κ1) is 14.6. The second-order valence-electron chi connectivity index (χ2n) is 4.37. The molecule has 0 aliphatic rings. The van der Waals surface area contributed by atoms with Crippen molar-refractivity contribution in [2.45, 2.75) is 38.3 Å². The molecule has 0 fully saturated rings. The summed E-state index contributed by atoms with van der Waals surface area (Å²) in [6.07, 6.45) is 2.62. The highest BCUT2D eigenvalue weighted by molar-refractivity contribution is 7.12. The van der Waals surface area contributed by atoms with E-state index >= 15 is 0 Å². The van der Waals surface area contributed by atoms with E-state index in [2.05, 4.69) is 13.0 Å². The van der Waals surface area contributed by atoms with Crippen LogP contribution in [0.3, 0.4) is 0 Å². The van der Waals surface area contributed by atoms with Gasteiger partial charge in [-0.1, -0.05) is 6.92 Å². The van der Waals surface area contributed by atoms with E-state index < -0.39 is 5.67 Å². The summed E-state index contributed by atoms with van der Waals surface area (Å²) in [6.45, 7) is 2.79. The summed E-state index contributed by atoms with van der Waals surface area (Å²) in [5.74, 6) is 0. The van der Waals surface area contributed by atoms with E-state index in [4.69, 9.17) is 10.5 Å². The van der Waals surface area contributed by atoms with Gasteiger partial charge in [-0.25, -0.2) is 4.39 Å². The maximum absolute atomic E-state index is 14.6. The summed E-state index contributed by atoms with van der Waals surface area (Å²) >= 11 is 1.69. The molecule has 1 unspecified atom stereocenters. The molecular formula is C13H22FNOS. The normalized spacial score (nSPS) is 14.8. The van der Waals surface area contributed by atoms with Gasteiger partial charge in [0, 0.05) is 23.3 Å². The molecule has 0 saturated heterocycles. The number of methoxy groups -OCH3 is 1. The van der Waals surface area contributed by atoms with Gasteiger partial charge in [-0.2, -0.15) is 0 Å². The quantitative estimate of drug-likeness (QED) is 0.779. The van der Waals surface area contributed by atoms with Crippen LogP contribution in [0.25, 0.3) is 0 Å². The Morgan fingerprint density at radius 3 is 2.65 bits per heavy atom. The average molecular weight is 259 g/mol. The van der Waals surface area contributed by atoms with Gasteiger partial charge in [0.05, 0.1) is 6.61 Å². The minimum Gasteiger partial charge on any atom is -0.381 e. The molecule has 2 nitrogen and oxygen atoms in total. The summed E-state index contributed by atoms with van der Waals surface area (Å²) in [5.41, 5.74) is 4.17. The number of ether oxygens (including phenoxy) is 1. The van der Waals surface area contributed by atoms with Crippen molar-refractivity contribution >= 4 is 11.3 Å². The molecule has 1 aromatic rings. The Kier molecular flexibility index (Phi) is 6.09. The van der Waals surface area contributed by atoms with Crippen LogP contribution < -0.4 is 5.73 Å². The summed E-state index contributed by atoms with van der Waals surface area (Å²) in [5, 5.41) is 0. The predicted molar refractivity (Wildman–Crippen MR) is 71.4 cm³/mol. The number of alkyl halides is 1. The van der Waals surface area contributed by atoms with Gasteiger partial charge in [0.2, 0.25) is 0 Å². The van der Waals surface area contributed by atoms with Crippen molar-refractivity contribution in [2.24, 2.45) is 5.73 Å². The van der Waals surface area contributed by atoms with E-state index in [1.807, 2.05) is 6.07 Å². The van der Waals surface area contributed by atoms with Crippen LogP contribution in [-0.4, -0.2) is 25.9 Å². The highest BCUT2D eigenvalue weighted by Gasteiger charge is 2.30. The fraction of sp³-hybridized carbons (Fsp3) is 0.692. The molecule has 1 aromatic heterocycles. The van der Waals surface area contributed by atoms with E-state index in [1.54, 1.807) is 18.4 Å². The summed E-state index contributed by atoms with van der Waals surface area (Å²) in [6, 6.07) is 4.10. The van der Waals surface area contributed by atoms with E-state index in [9.17, 15) is 4.39 Å². The SMILES string of the molecule is CCc1ccc(CC(F)(CCCN)COC)s1. The standard InChI is InChI=1S/C13H22FNOS/c1-3-11-5-6-12(17-11)9-13(14,10-16-2)7-4-8-15/h5-6H,3-4,7-10,15H2,1-2H3. The monoisotopic (exact) mass is 259 g/mol. The molecule has 4 heteroatoms. The fourth-order valence-electron chi connectivity index (χ4n) is 1.91. The van der Waals surface area contributed by atoms with Crippen molar-refractivity contribution < 1.29 is 9.13 Å². The maximum atomic E-state index is 14.6. The van der Waals surface area contributed by atoms with Gasteiger partial charge in [0.1, 0.15) is 5.67 Å². The molecule has 0 aromatic carbocycles. The Morgan fingerprint density at radius 1 is 1.41 bits per heavy atom. The van der Waals surface area contributed by atoms with Gasteiger partial charge in [-0.15, -0.1) is 11.3 Å². The molecule has 0 bridgehead atoms. The molecule has 1 rings (SSSR count). The van der Waals surface area contributed by atoms with Crippen LogP contribution in [0.5, 0.6) is 0 Å². The van der Waals surface area contributed by atoms with E-state index in [0.29, 0.717) is 25.8 Å². The number of thiophene rings is 1. The Bertz CT molecular complexity index is 329. The van der Waals surface area contributed by atoms with Crippen molar-refractivity contribution in [3.8, 4) is 0 Å². The summed E-state index contributed by atoms with van der Waals surface area (Å²) < 4.78 is 19.6. The molecular weight excluding hydrogens is 237 g/mol. The van der Waals surface area contributed by atoms with Crippen molar-refractivity contribution in [2.75, 3.05) is 20.3 Å². The van der Waals surface area contributed by atoms with Crippen molar-refractivity contribution in [3.05, 3.63) is 21.9 Å². The zero-order valence-electron chi connectivity index (χ0n) is 10.7. The molecule has 2 N–H and O–H groups in total. The molecule has 0 spiro atoms. The van der Waals surface area contributed by atoms with E-state index in [1.165, 1.54) is 4.88 Å². The maximum Gasteiger partial charge on any atom is 0.139 e. The Morgan fingerprint density at radius 2 is 2.12 bits per heavy atom. The number of nitrogens with two attached hydrogens (primary N) is 1.